The second-order valence-corrected chi connectivity index (χ2v) is 7.99. The van der Waals surface area contributed by atoms with Crippen molar-refractivity contribution < 1.29 is 13.7 Å². The number of benzene rings is 1. The Bertz CT molecular complexity index is 531. The molecule has 0 amide bonds. The molecular weight excluding hydrogens is 342 g/mol. The summed E-state index contributed by atoms with van der Waals surface area (Å²) in [7, 11) is -1.05. The maximum absolute atomic E-state index is 12.8. The quantitative estimate of drug-likeness (QED) is 0.824. The molecule has 20 heavy (non-hydrogen) atoms. The van der Waals surface area contributed by atoms with E-state index in [4.69, 9.17) is 15.2 Å². The van der Waals surface area contributed by atoms with Crippen molar-refractivity contribution in [1.82, 2.24) is 0 Å². The number of nitrogens with two attached hydrogens (primary N) is 1. The molecule has 0 aromatic heterocycles. The molecule has 0 aliphatic carbocycles. The molecule has 6 heteroatoms. The van der Waals surface area contributed by atoms with Gasteiger partial charge in [0.15, 0.2) is 0 Å². The van der Waals surface area contributed by atoms with E-state index in [1.807, 2.05) is 6.07 Å². The highest BCUT2D eigenvalue weighted by atomic mass is 79.9. The van der Waals surface area contributed by atoms with Gasteiger partial charge in [-0.05, 0) is 47.0 Å². The third-order valence-electron chi connectivity index (χ3n) is 3.99. The summed E-state index contributed by atoms with van der Waals surface area (Å²) in [6, 6.07) is 5.45. The van der Waals surface area contributed by atoms with Crippen molar-refractivity contribution in [3.63, 3.8) is 0 Å². The van der Waals surface area contributed by atoms with Gasteiger partial charge >= 0.3 is 0 Å². The monoisotopic (exact) mass is 359 g/mol. The van der Waals surface area contributed by atoms with Gasteiger partial charge in [-0.3, -0.25) is 4.21 Å². The van der Waals surface area contributed by atoms with Crippen LogP contribution in [0.1, 0.15) is 19.3 Å². The van der Waals surface area contributed by atoms with Gasteiger partial charge in [0, 0.05) is 35.0 Å². The van der Waals surface area contributed by atoms with Crippen molar-refractivity contribution in [3.05, 3.63) is 22.7 Å². The van der Waals surface area contributed by atoms with Crippen LogP contribution in [0, 0.1) is 0 Å². The fraction of sp³-hybridized carbons (Fsp3) is 0.571. The molecule has 0 bridgehead atoms. The van der Waals surface area contributed by atoms with Gasteiger partial charge in [0.05, 0.1) is 27.9 Å². The lowest BCUT2D eigenvalue weighted by Crippen LogP contribution is -2.43. The molecule has 2 aliphatic rings. The van der Waals surface area contributed by atoms with E-state index in [-0.39, 0.29) is 10.9 Å². The van der Waals surface area contributed by atoms with Crippen LogP contribution in [-0.4, -0.2) is 34.9 Å². The van der Waals surface area contributed by atoms with E-state index in [1.165, 1.54) is 0 Å². The van der Waals surface area contributed by atoms with Gasteiger partial charge in [-0.15, -0.1) is 0 Å². The number of anilines is 1. The molecule has 2 saturated heterocycles. The van der Waals surface area contributed by atoms with Crippen LogP contribution in [0.4, 0.5) is 5.69 Å². The zero-order valence-corrected chi connectivity index (χ0v) is 13.5. The second kappa shape index (κ2) is 5.75. The summed E-state index contributed by atoms with van der Waals surface area (Å²) in [6.45, 7) is 2.03. The molecule has 3 atom stereocenters. The smallest absolute Gasteiger partial charge is 0.0948 e. The molecule has 3 rings (SSSR count). The molecule has 3 unspecified atom stereocenters. The van der Waals surface area contributed by atoms with Gasteiger partial charge in [0.25, 0.3) is 0 Å². The van der Waals surface area contributed by atoms with Gasteiger partial charge in [0.1, 0.15) is 0 Å². The molecule has 110 valence electrons. The minimum Gasteiger partial charge on any atom is -0.399 e. The maximum Gasteiger partial charge on any atom is 0.0948 e. The Morgan fingerprint density at radius 3 is 2.95 bits per heavy atom. The van der Waals surface area contributed by atoms with E-state index in [2.05, 4.69) is 15.9 Å². The molecule has 2 aliphatic heterocycles. The number of hydrogen-bond donors (Lipinski definition) is 1. The Labute approximate surface area is 129 Å². The Kier molecular flexibility index (Phi) is 4.17. The highest BCUT2D eigenvalue weighted by Gasteiger charge is 2.43. The molecule has 1 aromatic carbocycles. The Balaban J connectivity index is 1.79. The molecular formula is C14H18BrNO3S. The average Bonchev–Trinajstić information content (AvgIpc) is 2.86. The van der Waals surface area contributed by atoms with Crippen molar-refractivity contribution in [2.24, 2.45) is 0 Å². The highest BCUT2D eigenvalue weighted by molar-refractivity contribution is 9.10. The number of hydrogen-bond acceptors (Lipinski definition) is 4. The highest BCUT2D eigenvalue weighted by Crippen LogP contribution is 2.37. The SMILES string of the molecule is Nc1ccc(S(=O)C2CCOC3(CCOC3)C2)c(Br)c1. The van der Waals surface area contributed by atoms with E-state index in [1.54, 1.807) is 12.1 Å². The van der Waals surface area contributed by atoms with Gasteiger partial charge in [-0.25, -0.2) is 0 Å². The number of halogens is 1. The standard InChI is InChI=1S/C14H18BrNO3S/c15-12-7-10(16)1-2-13(12)20(17)11-3-5-19-14(8-11)4-6-18-9-14/h1-2,7,11H,3-6,8-9,16H2. The third-order valence-corrected chi connectivity index (χ3v) is 6.71. The average molecular weight is 360 g/mol. The molecule has 2 N–H and O–H groups in total. The van der Waals surface area contributed by atoms with Crippen molar-refractivity contribution in [3.8, 4) is 0 Å². The van der Waals surface area contributed by atoms with Crippen molar-refractivity contribution >= 4 is 32.4 Å². The molecule has 2 heterocycles. The summed E-state index contributed by atoms with van der Waals surface area (Å²) < 4.78 is 25.0. The largest absolute Gasteiger partial charge is 0.399 e. The fourth-order valence-electron chi connectivity index (χ4n) is 2.89. The van der Waals surface area contributed by atoms with E-state index >= 15 is 0 Å². The Morgan fingerprint density at radius 2 is 2.25 bits per heavy atom. The van der Waals surface area contributed by atoms with Crippen LogP contribution in [-0.2, 0) is 20.3 Å². The Hall–Kier alpha value is -0.430. The summed E-state index contributed by atoms with van der Waals surface area (Å²) in [5.74, 6) is 0. The first-order valence-electron chi connectivity index (χ1n) is 6.77. The van der Waals surface area contributed by atoms with E-state index in [9.17, 15) is 4.21 Å². The number of rotatable bonds is 2. The van der Waals surface area contributed by atoms with Gasteiger partial charge in [-0.2, -0.15) is 0 Å². The first-order valence-corrected chi connectivity index (χ1v) is 8.78. The van der Waals surface area contributed by atoms with Gasteiger partial charge in [0.2, 0.25) is 0 Å². The predicted molar refractivity (Wildman–Crippen MR) is 82.1 cm³/mol. The summed E-state index contributed by atoms with van der Waals surface area (Å²) >= 11 is 3.46. The van der Waals surface area contributed by atoms with E-state index in [0.717, 1.165) is 35.2 Å². The van der Waals surface area contributed by atoms with Crippen molar-refractivity contribution in [1.29, 1.82) is 0 Å². The van der Waals surface area contributed by atoms with E-state index in [0.29, 0.717) is 18.9 Å². The normalized spacial score (nSPS) is 31.6. The summed E-state index contributed by atoms with van der Waals surface area (Å²) in [4.78, 5) is 0.820. The summed E-state index contributed by atoms with van der Waals surface area (Å²) in [6.07, 6.45) is 2.53. The first kappa shape index (κ1) is 14.5. The van der Waals surface area contributed by atoms with Crippen LogP contribution < -0.4 is 5.73 Å². The zero-order chi connectivity index (χ0) is 14.2. The van der Waals surface area contributed by atoms with Crippen LogP contribution in [0.3, 0.4) is 0 Å². The lowest BCUT2D eigenvalue weighted by molar-refractivity contribution is -0.0774. The third kappa shape index (κ3) is 2.79. The van der Waals surface area contributed by atoms with Crippen LogP contribution in [0.15, 0.2) is 27.6 Å². The molecule has 4 nitrogen and oxygen atoms in total. The fourth-order valence-corrected chi connectivity index (χ4v) is 5.34. The molecule has 0 saturated carbocycles. The van der Waals surface area contributed by atoms with Crippen LogP contribution in [0.2, 0.25) is 0 Å². The molecule has 2 fully saturated rings. The summed E-state index contributed by atoms with van der Waals surface area (Å²) in [5, 5.41) is 0.116. The molecule has 0 radical (unpaired) electrons. The number of ether oxygens (including phenoxy) is 2. The predicted octanol–water partition coefficient (Wildman–Crippen LogP) is 2.48. The Morgan fingerprint density at radius 1 is 1.40 bits per heavy atom. The first-order chi connectivity index (χ1) is 9.60. The van der Waals surface area contributed by atoms with Crippen molar-refractivity contribution in [2.75, 3.05) is 25.6 Å². The van der Waals surface area contributed by atoms with Crippen LogP contribution >= 0.6 is 15.9 Å². The topological polar surface area (TPSA) is 61.6 Å². The molecule has 1 spiro atoms. The van der Waals surface area contributed by atoms with Crippen molar-refractivity contribution in [2.45, 2.75) is 35.0 Å². The minimum absolute atomic E-state index is 0.116. The van der Waals surface area contributed by atoms with Gasteiger partial charge < -0.3 is 15.2 Å². The van der Waals surface area contributed by atoms with Crippen LogP contribution in [0.5, 0.6) is 0 Å². The minimum atomic E-state index is -1.05. The van der Waals surface area contributed by atoms with E-state index < -0.39 is 10.8 Å². The number of nitrogen functional groups attached to an aromatic ring is 1. The van der Waals surface area contributed by atoms with Gasteiger partial charge in [-0.1, -0.05) is 0 Å². The molecule has 1 aromatic rings. The van der Waals surface area contributed by atoms with Crippen LogP contribution in [0.25, 0.3) is 0 Å². The zero-order valence-electron chi connectivity index (χ0n) is 11.1. The summed E-state index contributed by atoms with van der Waals surface area (Å²) in [5.41, 5.74) is 6.20. The second-order valence-electron chi connectivity index (χ2n) is 5.44. The lowest BCUT2D eigenvalue weighted by atomic mass is 9.93. The maximum atomic E-state index is 12.8. The lowest BCUT2D eigenvalue weighted by Gasteiger charge is -2.36.